The van der Waals surface area contributed by atoms with E-state index in [0.29, 0.717) is 11.5 Å². The zero-order valence-electron chi connectivity index (χ0n) is 13.7. The smallest absolute Gasteiger partial charge is 0.253 e. The highest BCUT2D eigenvalue weighted by Gasteiger charge is 2.24. The molecule has 1 aliphatic carbocycles. The molecule has 0 spiro atoms. The second kappa shape index (κ2) is 6.57. The maximum absolute atomic E-state index is 13.0. The number of halogens is 1. The molecule has 0 bridgehead atoms. The number of nitrogens with one attached hydrogen (secondary N) is 2. The van der Waals surface area contributed by atoms with Gasteiger partial charge in [0.2, 0.25) is 0 Å². The topological polar surface area (TPSA) is 44.9 Å². The maximum atomic E-state index is 13.0. The van der Waals surface area contributed by atoms with E-state index in [0.717, 1.165) is 23.4 Å². The summed E-state index contributed by atoms with van der Waals surface area (Å²) in [7, 11) is 0. The van der Waals surface area contributed by atoms with E-state index >= 15 is 0 Å². The molecule has 0 unspecified atom stereocenters. The molecule has 1 amide bonds. The molecule has 1 fully saturated rings. The molecule has 3 nitrogen and oxygen atoms in total. The average Bonchev–Trinajstić information content (AvgIpc) is 2.92. The molecular weight excluding hydrogens is 291 g/mol. The van der Waals surface area contributed by atoms with Gasteiger partial charge >= 0.3 is 0 Å². The molecule has 1 aromatic carbocycles. The van der Waals surface area contributed by atoms with Crippen molar-refractivity contribution in [1.82, 2.24) is 10.3 Å². The van der Waals surface area contributed by atoms with E-state index in [1.54, 1.807) is 12.1 Å². The van der Waals surface area contributed by atoms with Crippen molar-refractivity contribution in [3.05, 3.63) is 47.4 Å². The monoisotopic (exact) mass is 314 g/mol. The maximum Gasteiger partial charge on any atom is 0.253 e. The molecule has 0 radical (unpaired) electrons. The summed E-state index contributed by atoms with van der Waals surface area (Å²) in [4.78, 5) is 15.8. The summed E-state index contributed by atoms with van der Waals surface area (Å²) >= 11 is 0. The number of hydrogen-bond donors (Lipinski definition) is 2. The first-order valence-electron chi connectivity index (χ1n) is 8.31. The molecule has 0 saturated heterocycles. The van der Waals surface area contributed by atoms with E-state index in [9.17, 15) is 9.18 Å². The molecule has 1 saturated carbocycles. The third-order valence-electron chi connectivity index (χ3n) is 4.84. The first kappa shape index (κ1) is 15.8. The number of H-pyrrole nitrogens is 1. The summed E-state index contributed by atoms with van der Waals surface area (Å²) in [6, 6.07) is 8.39. The molecule has 1 aliphatic rings. The van der Waals surface area contributed by atoms with Gasteiger partial charge in [0.25, 0.3) is 5.91 Å². The highest BCUT2D eigenvalue weighted by molar-refractivity contribution is 5.97. The van der Waals surface area contributed by atoms with Crippen molar-refractivity contribution in [2.75, 3.05) is 0 Å². The predicted octanol–water partition coefficient (Wildman–Crippen LogP) is 4.44. The van der Waals surface area contributed by atoms with Gasteiger partial charge in [-0.3, -0.25) is 4.79 Å². The van der Waals surface area contributed by atoms with Crippen LogP contribution in [0.2, 0.25) is 0 Å². The van der Waals surface area contributed by atoms with Crippen LogP contribution in [0, 0.1) is 18.7 Å². The van der Waals surface area contributed by atoms with Crippen LogP contribution < -0.4 is 5.32 Å². The van der Waals surface area contributed by atoms with Gasteiger partial charge in [-0.15, -0.1) is 0 Å². The number of rotatable bonds is 3. The van der Waals surface area contributed by atoms with Gasteiger partial charge in [-0.2, -0.15) is 0 Å². The molecular formula is C19H23FN2O. The van der Waals surface area contributed by atoms with Crippen LogP contribution >= 0.6 is 0 Å². The van der Waals surface area contributed by atoms with Crippen LogP contribution in [0.15, 0.2) is 30.3 Å². The zero-order valence-corrected chi connectivity index (χ0v) is 13.7. The molecule has 1 aromatic heterocycles. The lowest BCUT2D eigenvalue weighted by Gasteiger charge is -2.29. The standard InChI is InChI=1S/C19H23FN2O/c1-12-5-3-4-6-17(12)22-19(23)16-11-18(21-13(16)2)14-7-9-15(20)10-8-14/h7-12,17,21H,3-6H2,1-2H3,(H,22,23)/t12-,17-/m0/s1. The fraction of sp³-hybridized carbons (Fsp3) is 0.421. The second-order valence-corrected chi connectivity index (χ2v) is 6.57. The van der Waals surface area contributed by atoms with Crippen LogP contribution in [0.3, 0.4) is 0 Å². The first-order chi connectivity index (χ1) is 11.0. The average molecular weight is 314 g/mol. The Kier molecular flexibility index (Phi) is 4.51. The van der Waals surface area contributed by atoms with Crippen LogP contribution in [0.1, 0.15) is 48.7 Å². The summed E-state index contributed by atoms with van der Waals surface area (Å²) in [6.07, 6.45) is 4.67. The molecule has 2 N–H and O–H groups in total. The van der Waals surface area contributed by atoms with Gasteiger partial charge in [0.15, 0.2) is 0 Å². The van der Waals surface area contributed by atoms with E-state index < -0.39 is 0 Å². The quantitative estimate of drug-likeness (QED) is 0.864. The van der Waals surface area contributed by atoms with Gasteiger partial charge < -0.3 is 10.3 Å². The number of hydrogen-bond acceptors (Lipinski definition) is 1. The van der Waals surface area contributed by atoms with Gasteiger partial charge in [-0.25, -0.2) is 4.39 Å². The molecule has 3 rings (SSSR count). The van der Waals surface area contributed by atoms with Crippen molar-refractivity contribution in [3.63, 3.8) is 0 Å². The Balaban J connectivity index is 1.77. The number of aromatic amines is 1. The minimum Gasteiger partial charge on any atom is -0.358 e. The van der Waals surface area contributed by atoms with Crippen molar-refractivity contribution in [2.24, 2.45) is 5.92 Å². The molecule has 2 aromatic rings. The Morgan fingerprint density at radius 1 is 1.22 bits per heavy atom. The number of aryl methyl sites for hydroxylation is 1. The van der Waals surface area contributed by atoms with Crippen LogP contribution in [0.25, 0.3) is 11.3 Å². The molecule has 23 heavy (non-hydrogen) atoms. The minimum atomic E-state index is -0.263. The SMILES string of the molecule is Cc1[nH]c(-c2ccc(F)cc2)cc1C(=O)N[C@H]1CCCC[C@@H]1C. The Labute approximate surface area is 136 Å². The Hall–Kier alpha value is -2.10. The van der Waals surface area contributed by atoms with E-state index in [-0.39, 0.29) is 17.8 Å². The van der Waals surface area contributed by atoms with Gasteiger partial charge in [0, 0.05) is 17.4 Å². The van der Waals surface area contributed by atoms with Crippen LogP contribution in [-0.4, -0.2) is 16.9 Å². The summed E-state index contributed by atoms with van der Waals surface area (Å²) in [5, 5.41) is 3.18. The lowest BCUT2D eigenvalue weighted by molar-refractivity contribution is 0.0910. The fourth-order valence-corrected chi connectivity index (χ4v) is 3.36. The van der Waals surface area contributed by atoms with Crippen molar-refractivity contribution >= 4 is 5.91 Å². The summed E-state index contributed by atoms with van der Waals surface area (Å²) in [6.45, 7) is 4.10. The highest BCUT2D eigenvalue weighted by Crippen LogP contribution is 2.25. The largest absolute Gasteiger partial charge is 0.358 e. The van der Waals surface area contributed by atoms with Gasteiger partial charge in [0.05, 0.1) is 5.56 Å². The Morgan fingerprint density at radius 3 is 2.61 bits per heavy atom. The minimum absolute atomic E-state index is 0.0224. The van der Waals surface area contributed by atoms with Crippen molar-refractivity contribution in [3.8, 4) is 11.3 Å². The molecule has 1 heterocycles. The van der Waals surface area contributed by atoms with Crippen LogP contribution in [-0.2, 0) is 0 Å². The molecule has 4 heteroatoms. The predicted molar refractivity (Wildman–Crippen MR) is 89.8 cm³/mol. The number of aromatic nitrogens is 1. The summed E-state index contributed by atoms with van der Waals surface area (Å²) in [5.74, 6) is 0.246. The normalized spacial score (nSPS) is 21.2. The van der Waals surface area contributed by atoms with Crippen molar-refractivity contribution < 1.29 is 9.18 Å². The van der Waals surface area contributed by atoms with Gasteiger partial charge in [-0.05, 0) is 61.6 Å². The summed E-state index contributed by atoms with van der Waals surface area (Å²) < 4.78 is 13.0. The third-order valence-corrected chi connectivity index (χ3v) is 4.84. The van der Waals surface area contributed by atoms with E-state index in [2.05, 4.69) is 17.2 Å². The molecule has 122 valence electrons. The Bertz CT molecular complexity index is 690. The Morgan fingerprint density at radius 2 is 1.91 bits per heavy atom. The van der Waals surface area contributed by atoms with E-state index in [4.69, 9.17) is 0 Å². The number of carbonyl (C=O) groups is 1. The van der Waals surface area contributed by atoms with Gasteiger partial charge in [-0.1, -0.05) is 19.8 Å². The van der Waals surface area contributed by atoms with Crippen molar-refractivity contribution in [1.29, 1.82) is 0 Å². The van der Waals surface area contributed by atoms with Crippen LogP contribution in [0.4, 0.5) is 4.39 Å². The zero-order chi connectivity index (χ0) is 16.4. The second-order valence-electron chi connectivity index (χ2n) is 6.57. The van der Waals surface area contributed by atoms with Crippen molar-refractivity contribution in [2.45, 2.75) is 45.6 Å². The number of carbonyl (C=O) groups excluding carboxylic acids is 1. The number of benzene rings is 1. The third kappa shape index (κ3) is 3.46. The lowest BCUT2D eigenvalue weighted by atomic mass is 9.86. The van der Waals surface area contributed by atoms with Gasteiger partial charge in [0.1, 0.15) is 5.82 Å². The molecule has 2 atom stereocenters. The van der Waals surface area contributed by atoms with Crippen LogP contribution in [0.5, 0.6) is 0 Å². The van der Waals surface area contributed by atoms with E-state index in [1.807, 2.05) is 13.0 Å². The highest BCUT2D eigenvalue weighted by atomic mass is 19.1. The fourth-order valence-electron chi connectivity index (χ4n) is 3.36. The summed E-state index contributed by atoms with van der Waals surface area (Å²) in [5.41, 5.74) is 3.22. The number of amides is 1. The molecule has 0 aliphatic heterocycles. The lowest BCUT2D eigenvalue weighted by Crippen LogP contribution is -2.41. The van der Waals surface area contributed by atoms with E-state index in [1.165, 1.54) is 31.4 Å². The first-order valence-corrected chi connectivity index (χ1v) is 8.31.